The first-order chi connectivity index (χ1) is 10.7. The van der Waals surface area contributed by atoms with Gasteiger partial charge in [-0.2, -0.15) is 0 Å². The molecule has 114 valence electrons. The summed E-state index contributed by atoms with van der Waals surface area (Å²) >= 11 is 1.47. The van der Waals surface area contributed by atoms with Crippen molar-refractivity contribution in [2.24, 2.45) is 0 Å². The Morgan fingerprint density at radius 1 is 1.45 bits per heavy atom. The third-order valence-electron chi connectivity index (χ3n) is 3.93. The number of aryl methyl sites for hydroxylation is 1. The van der Waals surface area contributed by atoms with Gasteiger partial charge in [-0.25, -0.2) is 9.59 Å². The van der Waals surface area contributed by atoms with E-state index in [-0.39, 0.29) is 6.04 Å². The Morgan fingerprint density at radius 2 is 2.27 bits per heavy atom. The second-order valence-corrected chi connectivity index (χ2v) is 6.21. The van der Waals surface area contributed by atoms with Crippen molar-refractivity contribution in [2.45, 2.75) is 25.8 Å². The van der Waals surface area contributed by atoms with Crippen molar-refractivity contribution < 1.29 is 14.3 Å². The summed E-state index contributed by atoms with van der Waals surface area (Å²) in [4.78, 5) is 23.2. The van der Waals surface area contributed by atoms with Crippen LogP contribution in [0, 0.1) is 0 Å². The summed E-state index contributed by atoms with van der Waals surface area (Å²) in [6.45, 7) is 2.05. The monoisotopic (exact) mass is 315 g/mol. The van der Waals surface area contributed by atoms with Crippen LogP contribution in [-0.4, -0.2) is 24.3 Å². The zero-order valence-electron chi connectivity index (χ0n) is 12.3. The van der Waals surface area contributed by atoms with E-state index in [1.165, 1.54) is 22.9 Å². The number of carbonyl (C=O) groups excluding carboxylic acids is 2. The minimum atomic E-state index is -0.445. The average Bonchev–Trinajstić information content (AvgIpc) is 3.12. The Morgan fingerprint density at radius 3 is 3.05 bits per heavy atom. The number of benzene rings is 1. The molecule has 1 N–H and O–H groups in total. The minimum Gasteiger partial charge on any atom is -0.462 e. The summed E-state index contributed by atoms with van der Waals surface area (Å²) in [7, 11) is 0. The fourth-order valence-corrected chi connectivity index (χ4v) is 3.97. The van der Waals surface area contributed by atoms with E-state index in [0.29, 0.717) is 23.5 Å². The summed E-state index contributed by atoms with van der Waals surface area (Å²) < 4.78 is 5.07. The molecule has 0 amide bonds. The molecular weight excluding hydrogens is 298 g/mol. The molecule has 0 radical (unpaired) electrons. The van der Waals surface area contributed by atoms with Crippen LogP contribution in [0.25, 0.3) is 0 Å². The third kappa shape index (κ3) is 2.70. The van der Waals surface area contributed by atoms with E-state index in [0.717, 1.165) is 17.9 Å². The van der Waals surface area contributed by atoms with Gasteiger partial charge in [-0.15, -0.1) is 11.8 Å². The predicted octanol–water partition coefficient (Wildman–Crippen LogP) is 2.54. The zero-order valence-corrected chi connectivity index (χ0v) is 13.2. The molecule has 1 aliphatic carbocycles. The van der Waals surface area contributed by atoms with Crippen molar-refractivity contribution in [1.29, 1.82) is 0 Å². The van der Waals surface area contributed by atoms with E-state index in [9.17, 15) is 9.59 Å². The number of rotatable bonds is 4. The highest BCUT2D eigenvalue weighted by atomic mass is 32.2. The van der Waals surface area contributed by atoms with E-state index in [1.54, 1.807) is 6.92 Å². The lowest BCUT2D eigenvalue weighted by Gasteiger charge is -2.17. The summed E-state index contributed by atoms with van der Waals surface area (Å²) in [5, 5.41) is 4.16. The summed E-state index contributed by atoms with van der Waals surface area (Å²) in [5.74, 6) is 1.90. The first kappa shape index (κ1) is 14.9. The lowest BCUT2D eigenvalue weighted by atomic mass is 10.1. The largest absolute Gasteiger partial charge is 0.462 e. The summed E-state index contributed by atoms with van der Waals surface area (Å²) in [5.41, 5.74) is 3.35. The molecule has 22 heavy (non-hydrogen) atoms. The van der Waals surface area contributed by atoms with Crippen LogP contribution in [0.1, 0.15) is 30.5 Å². The number of thioether (sulfide) groups is 1. The van der Waals surface area contributed by atoms with Gasteiger partial charge in [0.05, 0.1) is 23.3 Å². The smallest absolute Gasteiger partial charge is 0.341 e. The Balaban J connectivity index is 1.88. The number of fused-ring (bicyclic) bond motifs is 1. The topological polar surface area (TPSA) is 55.4 Å². The maximum atomic E-state index is 12.1. The molecule has 0 fully saturated rings. The average molecular weight is 315 g/mol. The molecule has 0 saturated heterocycles. The number of carbonyl (C=O) groups is 1. The molecule has 1 atom stereocenters. The Labute approximate surface area is 133 Å². The van der Waals surface area contributed by atoms with E-state index in [4.69, 9.17) is 4.74 Å². The van der Waals surface area contributed by atoms with E-state index < -0.39 is 5.97 Å². The maximum absolute atomic E-state index is 12.1. The Hall–Kier alpha value is -1.97. The van der Waals surface area contributed by atoms with Crippen molar-refractivity contribution in [1.82, 2.24) is 5.32 Å². The van der Waals surface area contributed by atoms with E-state index in [1.807, 2.05) is 18.1 Å². The van der Waals surface area contributed by atoms with Crippen molar-refractivity contribution in [3.63, 3.8) is 0 Å². The molecule has 0 spiro atoms. The lowest BCUT2D eigenvalue weighted by Crippen LogP contribution is -2.20. The van der Waals surface area contributed by atoms with Gasteiger partial charge >= 0.3 is 5.97 Å². The molecule has 4 nitrogen and oxygen atoms in total. The molecule has 1 aromatic rings. The molecule has 0 saturated carbocycles. The van der Waals surface area contributed by atoms with Crippen LogP contribution in [0.3, 0.4) is 0 Å². The second kappa shape index (κ2) is 6.42. The number of ether oxygens (including phenoxy) is 1. The number of nitrogens with one attached hydrogen (secondary N) is 1. The number of hydrogen-bond donors (Lipinski definition) is 1. The fourth-order valence-electron chi connectivity index (χ4n) is 2.90. The Bertz CT molecular complexity index is 689. The van der Waals surface area contributed by atoms with Gasteiger partial charge in [0, 0.05) is 5.75 Å². The SMILES string of the molecule is CCOC(=O)C1=C(NC2CCc3ccccc32)SCC1=C=O. The van der Waals surface area contributed by atoms with Crippen LogP contribution in [0.2, 0.25) is 0 Å². The van der Waals surface area contributed by atoms with Crippen LogP contribution in [-0.2, 0) is 20.7 Å². The van der Waals surface area contributed by atoms with Crippen LogP contribution < -0.4 is 5.32 Å². The van der Waals surface area contributed by atoms with Crippen LogP contribution in [0.5, 0.6) is 0 Å². The van der Waals surface area contributed by atoms with Crippen LogP contribution in [0.15, 0.2) is 40.4 Å². The van der Waals surface area contributed by atoms with Crippen LogP contribution >= 0.6 is 11.8 Å². The second-order valence-electron chi connectivity index (χ2n) is 5.23. The third-order valence-corrected chi connectivity index (χ3v) is 4.97. The van der Waals surface area contributed by atoms with Crippen molar-refractivity contribution in [3.8, 4) is 0 Å². The molecular formula is C17H17NO3S. The quantitative estimate of drug-likeness (QED) is 0.683. The van der Waals surface area contributed by atoms with Gasteiger partial charge in [-0.05, 0) is 30.9 Å². The molecule has 1 heterocycles. The molecule has 5 heteroatoms. The lowest BCUT2D eigenvalue weighted by molar-refractivity contribution is -0.138. The maximum Gasteiger partial charge on any atom is 0.341 e. The molecule has 3 rings (SSSR count). The molecule has 1 unspecified atom stereocenters. The predicted molar refractivity (Wildman–Crippen MR) is 86.0 cm³/mol. The van der Waals surface area contributed by atoms with Gasteiger partial charge in [-0.1, -0.05) is 24.3 Å². The fraction of sp³-hybridized carbons (Fsp3) is 0.353. The highest BCUT2D eigenvalue weighted by molar-refractivity contribution is 8.03. The van der Waals surface area contributed by atoms with Gasteiger partial charge in [0.2, 0.25) is 0 Å². The minimum absolute atomic E-state index is 0.175. The molecule has 2 aliphatic rings. The highest BCUT2D eigenvalue weighted by Crippen LogP contribution is 2.38. The first-order valence-electron chi connectivity index (χ1n) is 7.37. The van der Waals surface area contributed by atoms with Gasteiger partial charge in [0.25, 0.3) is 0 Å². The van der Waals surface area contributed by atoms with Gasteiger partial charge in [0.1, 0.15) is 11.5 Å². The number of hydrogen-bond acceptors (Lipinski definition) is 5. The van der Waals surface area contributed by atoms with E-state index >= 15 is 0 Å². The summed E-state index contributed by atoms with van der Waals surface area (Å²) in [6, 6.07) is 8.49. The van der Waals surface area contributed by atoms with Crippen molar-refractivity contribution in [2.75, 3.05) is 12.4 Å². The first-order valence-corrected chi connectivity index (χ1v) is 8.36. The molecule has 0 bridgehead atoms. The van der Waals surface area contributed by atoms with Crippen molar-refractivity contribution in [3.05, 3.63) is 51.6 Å². The molecule has 1 aliphatic heterocycles. The Kier molecular flexibility index (Phi) is 4.36. The number of esters is 1. The molecule has 0 aromatic heterocycles. The van der Waals surface area contributed by atoms with Gasteiger partial charge in [0.15, 0.2) is 0 Å². The summed E-state index contributed by atoms with van der Waals surface area (Å²) in [6.07, 6.45) is 2.01. The van der Waals surface area contributed by atoms with Crippen molar-refractivity contribution >= 4 is 23.7 Å². The normalized spacial score (nSPS) is 19.9. The molecule has 1 aromatic carbocycles. The van der Waals surface area contributed by atoms with Gasteiger partial charge in [-0.3, -0.25) is 0 Å². The zero-order chi connectivity index (χ0) is 15.5. The van der Waals surface area contributed by atoms with Gasteiger partial charge < -0.3 is 10.1 Å². The highest BCUT2D eigenvalue weighted by Gasteiger charge is 2.31. The standard InChI is InChI=1S/C17H17NO3S/c1-2-21-17(20)15-12(9-19)10-22-16(15)18-14-8-7-11-5-3-4-6-13(11)14/h3-6,14,18H,2,7-8,10H2,1H3. The van der Waals surface area contributed by atoms with Crippen LogP contribution in [0.4, 0.5) is 0 Å². The van der Waals surface area contributed by atoms with E-state index in [2.05, 4.69) is 17.4 Å².